The van der Waals surface area contributed by atoms with Crippen LogP contribution in [0.2, 0.25) is 0 Å². The van der Waals surface area contributed by atoms with E-state index in [1.165, 1.54) is 5.56 Å². The lowest BCUT2D eigenvalue weighted by atomic mass is 9.76. The van der Waals surface area contributed by atoms with Crippen LogP contribution in [0.15, 0.2) is 133 Å². The van der Waals surface area contributed by atoms with Crippen molar-refractivity contribution in [3.05, 3.63) is 156 Å². The van der Waals surface area contributed by atoms with Gasteiger partial charge in [-0.25, -0.2) is 0 Å². The molecule has 0 bridgehead atoms. The first-order chi connectivity index (χ1) is 20.8. The van der Waals surface area contributed by atoms with Crippen LogP contribution in [-0.2, 0) is 45.4 Å². The number of benzene rings is 4. The van der Waals surface area contributed by atoms with Crippen LogP contribution in [-0.4, -0.2) is 24.9 Å². The van der Waals surface area contributed by atoms with E-state index in [1.807, 2.05) is 24.3 Å². The lowest BCUT2D eigenvalue weighted by Gasteiger charge is -2.34. The lowest BCUT2D eigenvalue weighted by molar-refractivity contribution is -0.131. The fraction of sp³-hybridized carbons (Fsp3) is 0.316. The van der Waals surface area contributed by atoms with Crippen molar-refractivity contribution in [2.24, 2.45) is 17.8 Å². The van der Waals surface area contributed by atoms with Crippen molar-refractivity contribution in [3.8, 4) is 0 Å². The predicted octanol–water partition coefficient (Wildman–Crippen LogP) is 7.78. The van der Waals surface area contributed by atoms with E-state index in [4.69, 9.17) is 18.9 Å². The maximum absolute atomic E-state index is 6.84. The molecule has 6 atom stereocenters. The minimum Gasteiger partial charge on any atom is -0.376 e. The topological polar surface area (TPSA) is 36.9 Å². The van der Waals surface area contributed by atoms with Crippen LogP contribution in [0.1, 0.15) is 28.7 Å². The summed E-state index contributed by atoms with van der Waals surface area (Å²) < 4.78 is 26.7. The summed E-state index contributed by atoms with van der Waals surface area (Å²) in [5.74, 6) is 0.697. The van der Waals surface area contributed by atoms with E-state index in [2.05, 4.69) is 109 Å². The molecule has 0 aromatic heterocycles. The predicted molar refractivity (Wildman–Crippen MR) is 165 cm³/mol. The van der Waals surface area contributed by atoms with Crippen LogP contribution < -0.4 is 0 Å². The molecule has 0 aliphatic heterocycles. The van der Waals surface area contributed by atoms with Gasteiger partial charge in [0.2, 0.25) is 0 Å². The molecule has 0 saturated heterocycles. The number of hydrogen-bond donors (Lipinski definition) is 0. The smallest absolute Gasteiger partial charge is 0.111 e. The Balaban J connectivity index is 1.25. The van der Waals surface area contributed by atoms with Gasteiger partial charge < -0.3 is 18.9 Å². The minimum absolute atomic E-state index is 0.130. The van der Waals surface area contributed by atoms with Crippen LogP contribution in [0, 0.1) is 17.8 Å². The quantitative estimate of drug-likeness (QED) is 0.157. The summed E-state index contributed by atoms with van der Waals surface area (Å²) in [6, 6.07) is 41.6. The summed E-state index contributed by atoms with van der Waals surface area (Å²) in [5.41, 5.74) is 4.66. The second-order valence-electron chi connectivity index (χ2n) is 11.4. The number of hydrogen-bond acceptors (Lipinski definition) is 4. The van der Waals surface area contributed by atoms with Crippen LogP contribution in [0.25, 0.3) is 0 Å². The molecule has 0 N–H and O–H groups in total. The molecule has 2 aliphatic carbocycles. The third-order valence-corrected chi connectivity index (χ3v) is 8.49. The van der Waals surface area contributed by atoms with Gasteiger partial charge in [0.1, 0.15) is 6.10 Å². The molecule has 0 heterocycles. The average Bonchev–Trinajstić information content (AvgIpc) is 3.36. The summed E-state index contributed by atoms with van der Waals surface area (Å²) in [6.07, 6.45) is 5.14. The second kappa shape index (κ2) is 14.6. The van der Waals surface area contributed by atoms with Gasteiger partial charge >= 0.3 is 0 Å². The van der Waals surface area contributed by atoms with Gasteiger partial charge in [0.25, 0.3) is 0 Å². The maximum atomic E-state index is 6.84. The zero-order valence-corrected chi connectivity index (χ0v) is 24.0. The summed E-state index contributed by atoms with van der Waals surface area (Å²) >= 11 is 0. The van der Waals surface area contributed by atoms with Gasteiger partial charge in [0, 0.05) is 11.8 Å². The molecule has 0 unspecified atom stereocenters. The van der Waals surface area contributed by atoms with Gasteiger partial charge in [-0.15, -0.1) is 0 Å². The monoisotopic (exact) mass is 560 g/mol. The third-order valence-electron chi connectivity index (χ3n) is 8.49. The average molecular weight is 561 g/mol. The number of ether oxygens (including phenoxy) is 4. The van der Waals surface area contributed by atoms with Crippen molar-refractivity contribution in [2.45, 2.75) is 51.2 Å². The molecular weight excluding hydrogens is 520 g/mol. The summed E-state index contributed by atoms with van der Waals surface area (Å²) in [4.78, 5) is 0. The number of rotatable bonds is 13. The Morgan fingerprint density at radius 1 is 0.476 bits per heavy atom. The first-order valence-electron chi connectivity index (χ1n) is 15.1. The summed E-state index contributed by atoms with van der Waals surface area (Å²) in [5, 5.41) is 0. The van der Waals surface area contributed by atoms with Gasteiger partial charge in [-0.2, -0.15) is 0 Å². The summed E-state index contributed by atoms with van der Waals surface area (Å²) in [6.45, 7) is 2.86. The molecule has 1 fully saturated rings. The highest BCUT2D eigenvalue weighted by atomic mass is 16.6. The summed E-state index contributed by atoms with van der Waals surface area (Å²) in [7, 11) is 0. The molecule has 0 spiro atoms. The molecule has 0 radical (unpaired) electrons. The largest absolute Gasteiger partial charge is 0.376 e. The maximum Gasteiger partial charge on any atom is 0.111 e. The van der Waals surface area contributed by atoms with E-state index in [1.54, 1.807) is 0 Å². The van der Waals surface area contributed by atoms with Crippen LogP contribution in [0.4, 0.5) is 0 Å². The highest BCUT2D eigenvalue weighted by molar-refractivity contribution is 5.19. The molecule has 4 aromatic carbocycles. The highest BCUT2D eigenvalue weighted by Crippen LogP contribution is 2.47. The van der Waals surface area contributed by atoms with Crippen molar-refractivity contribution in [1.29, 1.82) is 0 Å². The molecule has 4 nitrogen and oxygen atoms in total. The van der Waals surface area contributed by atoms with E-state index in [0.717, 1.165) is 23.1 Å². The van der Waals surface area contributed by atoms with E-state index < -0.39 is 0 Å². The Morgan fingerprint density at radius 3 is 1.40 bits per heavy atom. The molecule has 42 heavy (non-hydrogen) atoms. The van der Waals surface area contributed by atoms with E-state index in [9.17, 15) is 0 Å². The van der Waals surface area contributed by atoms with E-state index >= 15 is 0 Å². The fourth-order valence-corrected chi connectivity index (χ4v) is 6.43. The Morgan fingerprint density at radius 2 is 0.905 bits per heavy atom. The van der Waals surface area contributed by atoms with Crippen molar-refractivity contribution in [2.75, 3.05) is 6.61 Å². The van der Waals surface area contributed by atoms with Crippen molar-refractivity contribution in [1.82, 2.24) is 0 Å². The molecule has 1 saturated carbocycles. The molecule has 2 aliphatic rings. The lowest BCUT2D eigenvalue weighted by Crippen LogP contribution is -2.39. The Bertz CT molecular complexity index is 1360. The van der Waals surface area contributed by atoms with Gasteiger partial charge in [0.15, 0.2) is 0 Å². The number of fused-ring (bicyclic) bond motifs is 1. The molecule has 0 amide bonds. The van der Waals surface area contributed by atoms with Gasteiger partial charge in [-0.1, -0.05) is 133 Å². The first kappa shape index (κ1) is 28.6. The Labute approximate surface area is 249 Å². The van der Waals surface area contributed by atoms with Crippen molar-refractivity contribution in [3.63, 3.8) is 0 Å². The fourth-order valence-electron chi connectivity index (χ4n) is 6.43. The zero-order chi connectivity index (χ0) is 28.4. The third kappa shape index (κ3) is 7.26. The van der Waals surface area contributed by atoms with Crippen molar-refractivity contribution < 1.29 is 18.9 Å². The van der Waals surface area contributed by atoms with Crippen LogP contribution in [0.3, 0.4) is 0 Å². The van der Waals surface area contributed by atoms with Gasteiger partial charge in [-0.3, -0.25) is 0 Å². The van der Waals surface area contributed by atoms with E-state index in [0.29, 0.717) is 39.0 Å². The highest BCUT2D eigenvalue weighted by Gasteiger charge is 2.55. The molecular formula is C38H40O4. The van der Waals surface area contributed by atoms with Crippen molar-refractivity contribution >= 4 is 0 Å². The van der Waals surface area contributed by atoms with E-state index in [-0.39, 0.29) is 30.1 Å². The zero-order valence-electron chi connectivity index (χ0n) is 24.0. The number of allylic oxidation sites excluding steroid dienone is 1. The standard InChI is InChI=1S/C38H40O4/c1-5-14-29(15-6-1)24-39-28-33-22-13-23-34-35(33)37(41-26-31-18-9-3-10-19-31)38(42-27-32-20-11-4-12-21-32)36(34)40-25-30-16-7-2-8-17-30/h1-21,23,33-38H,22,24-28H2/t33-,34-,35-,36-,37+,38+/m1/s1. The molecule has 4 heteroatoms. The van der Waals surface area contributed by atoms with Crippen LogP contribution >= 0.6 is 0 Å². The Kier molecular flexibility index (Phi) is 9.91. The minimum atomic E-state index is -0.216. The SMILES string of the molecule is C1=C[C@H]2[C@@H](OCc3ccccc3)[C@H](OCc3ccccc3)[C@@H](OCc3ccccc3)[C@@H]2[C@@H](COCc2ccccc2)C1. The van der Waals surface area contributed by atoms with Crippen LogP contribution in [0.5, 0.6) is 0 Å². The van der Waals surface area contributed by atoms with Gasteiger partial charge in [0.05, 0.1) is 45.2 Å². The molecule has 216 valence electrons. The second-order valence-corrected chi connectivity index (χ2v) is 11.4. The Hall–Kier alpha value is -3.54. The first-order valence-corrected chi connectivity index (χ1v) is 15.1. The normalized spacial score (nSPS) is 24.9. The molecule has 4 aromatic rings. The van der Waals surface area contributed by atoms with Gasteiger partial charge in [-0.05, 0) is 34.6 Å². The molecule has 6 rings (SSSR count).